The first-order valence-electron chi connectivity index (χ1n) is 23.4. The van der Waals surface area contributed by atoms with Crippen molar-refractivity contribution in [1.29, 1.82) is 0 Å². The number of hydrogen-bond acceptors (Lipinski definition) is 2. The molecule has 0 aliphatic heterocycles. The van der Waals surface area contributed by atoms with Crippen LogP contribution in [0.2, 0.25) is 0 Å². The summed E-state index contributed by atoms with van der Waals surface area (Å²) in [6.07, 6.45) is 26.2. The van der Waals surface area contributed by atoms with Crippen LogP contribution in [0.25, 0.3) is 71.7 Å². The Morgan fingerprint density at radius 2 is 1.14 bits per heavy atom. The first kappa shape index (κ1) is 39.6. The average molecular weight is 848 g/mol. The molecule has 0 radical (unpaired) electrons. The van der Waals surface area contributed by atoms with Crippen molar-refractivity contribution in [2.45, 2.75) is 37.1 Å². The van der Waals surface area contributed by atoms with E-state index in [1.807, 2.05) is 0 Å². The second-order valence-corrected chi connectivity index (χ2v) is 17.8. The molecule has 2 nitrogen and oxygen atoms in total. The number of rotatable bonds is 9. The Bertz CT molecular complexity index is 3460. The molecule has 316 valence electrons. The summed E-state index contributed by atoms with van der Waals surface area (Å²) in [4.78, 5) is 2.55. The fraction of sp³-hybridized carbons (Fsp3) is 0.0938. The molecule has 0 spiro atoms. The number of allylic oxidation sites excluding steroid dienone is 9. The minimum Gasteiger partial charge on any atom is -0.455 e. The van der Waals surface area contributed by atoms with Gasteiger partial charge in [0.25, 0.3) is 0 Å². The summed E-state index contributed by atoms with van der Waals surface area (Å²) >= 11 is 0. The lowest BCUT2D eigenvalue weighted by atomic mass is 9.83. The van der Waals surface area contributed by atoms with Crippen molar-refractivity contribution in [2.24, 2.45) is 0 Å². The van der Waals surface area contributed by atoms with Gasteiger partial charge in [-0.15, -0.1) is 0 Å². The largest absolute Gasteiger partial charge is 0.455 e. The van der Waals surface area contributed by atoms with Crippen LogP contribution in [-0.2, 0) is 0 Å². The summed E-state index contributed by atoms with van der Waals surface area (Å²) in [6, 6.07) is 66.3. The number of nitrogens with zero attached hydrogens (tertiary/aromatic N) is 1. The number of hydrogen-bond donors (Lipinski definition) is 0. The third-order valence-electron chi connectivity index (χ3n) is 13.9. The van der Waals surface area contributed by atoms with Gasteiger partial charge in [-0.1, -0.05) is 218 Å². The SMILES string of the molecule is C1=CCC(c2ccc(C3=CCC(N(C4=CCC(c5cccc6c5oc5c(-c7ccccc7)cccc56)C=C4)c4cccc(-c5ccccc5)c4)C=C3)cc2-c2cccc3ccccc23)C=C1. The molecule has 3 aliphatic rings. The molecule has 8 aromatic carbocycles. The van der Waals surface area contributed by atoms with Gasteiger partial charge in [0.05, 0.1) is 6.04 Å². The Balaban J connectivity index is 0.885. The second kappa shape index (κ2) is 17.2. The van der Waals surface area contributed by atoms with Gasteiger partial charge in [0.2, 0.25) is 0 Å². The molecule has 0 bridgehead atoms. The van der Waals surface area contributed by atoms with Crippen molar-refractivity contribution in [1.82, 2.24) is 0 Å². The van der Waals surface area contributed by atoms with Gasteiger partial charge in [-0.25, -0.2) is 0 Å². The van der Waals surface area contributed by atoms with Crippen LogP contribution in [0.5, 0.6) is 0 Å². The maximum atomic E-state index is 6.87. The van der Waals surface area contributed by atoms with Gasteiger partial charge in [0.15, 0.2) is 0 Å². The maximum absolute atomic E-state index is 6.87. The van der Waals surface area contributed by atoms with E-state index in [1.54, 1.807) is 0 Å². The third kappa shape index (κ3) is 7.35. The van der Waals surface area contributed by atoms with E-state index in [4.69, 9.17) is 4.42 Å². The normalized spacial score (nSPS) is 17.9. The summed E-state index contributed by atoms with van der Waals surface area (Å²) in [5, 5.41) is 4.88. The van der Waals surface area contributed by atoms with Crippen LogP contribution in [0, 0.1) is 0 Å². The standard InChI is InChI=1S/C64H49NO/c1-4-16-44(17-5-1)50-24-12-25-54(42-50)65(53-39-34-49(35-40-53)58-28-15-31-61-60-30-14-27-57(63(60)66-64(58)61)48-20-8-3-9-21-48)52-37-32-45(33-38-52)51-36-41-56(46-18-6-2-7-19-46)62(43-51)59-29-13-23-47-22-10-11-26-55(47)59/h1-18,20-34,36-37,39-43,46,49,52H,19,35,38H2. The molecular formula is C64H49NO. The number of fused-ring (bicyclic) bond motifs is 4. The highest BCUT2D eigenvalue weighted by Crippen LogP contribution is 2.43. The van der Waals surface area contributed by atoms with Crippen molar-refractivity contribution < 1.29 is 4.42 Å². The van der Waals surface area contributed by atoms with E-state index >= 15 is 0 Å². The minimum atomic E-state index is 0.124. The minimum absolute atomic E-state index is 0.124. The first-order chi connectivity index (χ1) is 32.7. The van der Waals surface area contributed by atoms with E-state index in [-0.39, 0.29) is 12.0 Å². The molecule has 0 amide bonds. The summed E-state index contributed by atoms with van der Waals surface area (Å²) in [5.74, 6) is 0.525. The van der Waals surface area contributed by atoms with E-state index in [1.165, 1.54) is 72.1 Å². The van der Waals surface area contributed by atoms with Gasteiger partial charge in [-0.05, 0) is 98.8 Å². The van der Waals surface area contributed by atoms with Crippen molar-refractivity contribution >= 4 is 44.0 Å². The van der Waals surface area contributed by atoms with Gasteiger partial charge in [-0.3, -0.25) is 0 Å². The van der Waals surface area contributed by atoms with Crippen LogP contribution in [0.4, 0.5) is 5.69 Å². The first-order valence-corrected chi connectivity index (χ1v) is 23.4. The molecule has 66 heavy (non-hydrogen) atoms. The predicted molar refractivity (Wildman–Crippen MR) is 279 cm³/mol. The number of anilines is 1. The zero-order valence-corrected chi connectivity index (χ0v) is 36.8. The molecule has 0 fully saturated rings. The molecule has 3 unspecified atom stereocenters. The monoisotopic (exact) mass is 847 g/mol. The van der Waals surface area contributed by atoms with Crippen LogP contribution >= 0.6 is 0 Å². The molecule has 1 heterocycles. The second-order valence-electron chi connectivity index (χ2n) is 17.8. The fourth-order valence-corrected chi connectivity index (χ4v) is 10.6. The molecule has 3 aliphatic carbocycles. The van der Waals surface area contributed by atoms with Crippen LogP contribution < -0.4 is 4.90 Å². The van der Waals surface area contributed by atoms with Crippen LogP contribution in [0.15, 0.2) is 253 Å². The fourth-order valence-electron chi connectivity index (χ4n) is 10.6. The molecule has 0 saturated carbocycles. The Hall–Kier alpha value is -7.94. The Labute approximate surface area is 387 Å². The summed E-state index contributed by atoms with van der Waals surface area (Å²) in [6.45, 7) is 0. The van der Waals surface area contributed by atoms with Crippen molar-refractivity contribution in [2.75, 3.05) is 4.90 Å². The quantitative estimate of drug-likeness (QED) is 0.144. The van der Waals surface area contributed by atoms with E-state index in [0.717, 1.165) is 46.9 Å². The lowest BCUT2D eigenvalue weighted by Crippen LogP contribution is -2.34. The van der Waals surface area contributed by atoms with Gasteiger partial charge >= 0.3 is 0 Å². The van der Waals surface area contributed by atoms with Crippen molar-refractivity contribution in [3.05, 3.63) is 265 Å². The molecule has 1 aromatic heterocycles. The topological polar surface area (TPSA) is 16.4 Å². The lowest BCUT2D eigenvalue weighted by molar-refractivity contribution is 0.657. The van der Waals surface area contributed by atoms with Crippen LogP contribution in [-0.4, -0.2) is 6.04 Å². The average Bonchev–Trinajstić information content (AvgIpc) is 3.79. The zero-order valence-electron chi connectivity index (χ0n) is 36.8. The van der Waals surface area contributed by atoms with E-state index in [0.29, 0.717) is 5.92 Å². The van der Waals surface area contributed by atoms with Crippen molar-refractivity contribution in [3.8, 4) is 33.4 Å². The molecule has 0 N–H and O–H groups in total. The number of benzene rings is 8. The number of para-hydroxylation sites is 2. The van der Waals surface area contributed by atoms with E-state index in [9.17, 15) is 0 Å². The molecule has 2 heteroatoms. The van der Waals surface area contributed by atoms with Gasteiger partial charge < -0.3 is 9.32 Å². The zero-order chi connectivity index (χ0) is 43.8. The molecule has 0 saturated heterocycles. The molecule has 9 aromatic rings. The predicted octanol–water partition coefficient (Wildman–Crippen LogP) is 17.2. The van der Waals surface area contributed by atoms with Gasteiger partial charge in [-0.2, -0.15) is 0 Å². The number of furan rings is 1. The molecule has 12 rings (SSSR count). The highest BCUT2D eigenvalue weighted by atomic mass is 16.3. The summed E-state index contributed by atoms with van der Waals surface area (Å²) < 4.78 is 6.87. The van der Waals surface area contributed by atoms with Crippen molar-refractivity contribution in [3.63, 3.8) is 0 Å². The van der Waals surface area contributed by atoms with Crippen LogP contribution in [0.1, 0.15) is 47.8 Å². The highest BCUT2D eigenvalue weighted by molar-refractivity contribution is 6.10. The lowest BCUT2D eigenvalue weighted by Gasteiger charge is -2.36. The van der Waals surface area contributed by atoms with Gasteiger partial charge in [0, 0.05) is 45.1 Å². The molecule has 3 atom stereocenters. The molecular weight excluding hydrogens is 799 g/mol. The highest BCUT2D eigenvalue weighted by Gasteiger charge is 2.26. The van der Waals surface area contributed by atoms with Crippen LogP contribution in [0.3, 0.4) is 0 Å². The third-order valence-corrected chi connectivity index (χ3v) is 13.9. The smallest absolute Gasteiger partial charge is 0.143 e. The Morgan fingerprint density at radius 1 is 0.424 bits per heavy atom. The van der Waals surface area contributed by atoms with E-state index < -0.39 is 0 Å². The summed E-state index contributed by atoms with van der Waals surface area (Å²) in [5.41, 5.74) is 16.8. The Morgan fingerprint density at radius 3 is 1.94 bits per heavy atom. The van der Waals surface area contributed by atoms with E-state index in [2.05, 4.69) is 248 Å². The summed E-state index contributed by atoms with van der Waals surface area (Å²) in [7, 11) is 0. The van der Waals surface area contributed by atoms with Gasteiger partial charge in [0.1, 0.15) is 11.2 Å². The maximum Gasteiger partial charge on any atom is 0.143 e. The Kier molecular flexibility index (Phi) is 10.3.